The summed E-state index contributed by atoms with van der Waals surface area (Å²) in [6, 6.07) is 8.65. The number of nitrogens with one attached hydrogen (secondary N) is 1. The SMILES string of the molecule is CNCCC1CCN(Cc2ccccc2COC)CC1. The van der Waals surface area contributed by atoms with E-state index in [1.54, 1.807) is 7.11 Å². The van der Waals surface area contributed by atoms with Gasteiger partial charge in [-0.15, -0.1) is 0 Å². The van der Waals surface area contributed by atoms with E-state index in [9.17, 15) is 0 Å². The lowest BCUT2D eigenvalue weighted by molar-refractivity contribution is 0.165. The summed E-state index contributed by atoms with van der Waals surface area (Å²) in [5, 5.41) is 3.26. The number of likely N-dealkylation sites (tertiary alicyclic amines) is 1. The van der Waals surface area contributed by atoms with E-state index in [-0.39, 0.29) is 0 Å². The van der Waals surface area contributed by atoms with Crippen molar-refractivity contribution in [3.8, 4) is 0 Å². The van der Waals surface area contributed by atoms with Gasteiger partial charge in [-0.1, -0.05) is 24.3 Å². The zero-order valence-electron chi connectivity index (χ0n) is 12.9. The van der Waals surface area contributed by atoms with Gasteiger partial charge < -0.3 is 10.1 Å². The Bertz CT molecular complexity index is 386. The molecule has 112 valence electrons. The van der Waals surface area contributed by atoms with E-state index in [4.69, 9.17) is 4.74 Å². The molecule has 1 aromatic rings. The van der Waals surface area contributed by atoms with Crippen LogP contribution in [0, 0.1) is 5.92 Å². The molecule has 1 aliphatic heterocycles. The van der Waals surface area contributed by atoms with Crippen molar-refractivity contribution < 1.29 is 4.74 Å². The quantitative estimate of drug-likeness (QED) is 0.828. The standard InChI is InChI=1S/C17H28N2O/c1-18-10-7-15-8-11-19(12-9-15)13-16-5-3-4-6-17(16)14-20-2/h3-6,15,18H,7-14H2,1-2H3. The number of benzene rings is 1. The molecule has 0 aromatic heterocycles. The largest absolute Gasteiger partial charge is 0.380 e. The van der Waals surface area contributed by atoms with Crippen molar-refractivity contribution >= 4 is 0 Å². The Balaban J connectivity index is 1.83. The smallest absolute Gasteiger partial charge is 0.0716 e. The van der Waals surface area contributed by atoms with Gasteiger partial charge in [0.2, 0.25) is 0 Å². The predicted molar refractivity (Wildman–Crippen MR) is 83.7 cm³/mol. The molecule has 1 saturated heterocycles. The van der Waals surface area contributed by atoms with Gasteiger partial charge in [0.1, 0.15) is 0 Å². The molecule has 0 unspecified atom stereocenters. The van der Waals surface area contributed by atoms with Gasteiger partial charge in [-0.3, -0.25) is 4.90 Å². The van der Waals surface area contributed by atoms with Crippen LogP contribution in [0.25, 0.3) is 0 Å². The van der Waals surface area contributed by atoms with Crippen LogP contribution in [0.1, 0.15) is 30.4 Å². The van der Waals surface area contributed by atoms with Crippen molar-refractivity contribution in [1.82, 2.24) is 10.2 Å². The monoisotopic (exact) mass is 276 g/mol. The van der Waals surface area contributed by atoms with Gasteiger partial charge >= 0.3 is 0 Å². The first-order chi connectivity index (χ1) is 9.83. The van der Waals surface area contributed by atoms with Crippen molar-refractivity contribution in [2.45, 2.75) is 32.4 Å². The minimum absolute atomic E-state index is 0.717. The molecule has 0 radical (unpaired) electrons. The Morgan fingerprint density at radius 2 is 1.90 bits per heavy atom. The second-order valence-corrected chi connectivity index (χ2v) is 5.81. The first kappa shape index (κ1) is 15.5. The minimum Gasteiger partial charge on any atom is -0.380 e. The van der Waals surface area contributed by atoms with Crippen LogP contribution in [-0.2, 0) is 17.9 Å². The summed E-state index contributed by atoms with van der Waals surface area (Å²) in [5.41, 5.74) is 2.75. The highest BCUT2D eigenvalue weighted by Gasteiger charge is 2.19. The van der Waals surface area contributed by atoms with E-state index in [1.165, 1.54) is 43.5 Å². The third-order valence-electron chi connectivity index (χ3n) is 4.32. The third-order valence-corrected chi connectivity index (χ3v) is 4.32. The van der Waals surface area contributed by atoms with E-state index in [0.29, 0.717) is 0 Å². The van der Waals surface area contributed by atoms with Crippen LogP contribution in [0.4, 0.5) is 0 Å². The molecule has 1 aliphatic rings. The highest BCUT2D eigenvalue weighted by atomic mass is 16.5. The van der Waals surface area contributed by atoms with Crippen molar-refractivity contribution in [2.24, 2.45) is 5.92 Å². The average molecular weight is 276 g/mol. The molecular formula is C17H28N2O. The number of hydrogen-bond donors (Lipinski definition) is 1. The number of ether oxygens (including phenoxy) is 1. The fourth-order valence-corrected chi connectivity index (χ4v) is 3.03. The number of rotatable bonds is 7. The third kappa shape index (κ3) is 4.58. The summed E-state index contributed by atoms with van der Waals surface area (Å²) < 4.78 is 5.29. The lowest BCUT2D eigenvalue weighted by Gasteiger charge is -2.32. The van der Waals surface area contributed by atoms with Crippen LogP contribution >= 0.6 is 0 Å². The van der Waals surface area contributed by atoms with Crippen LogP contribution < -0.4 is 5.32 Å². The molecule has 0 bridgehead atoms. The Kier molecular flexibility index (Phi) is 6.51. The van der Waals surface area contributed by atoms with Gasteiger partial charge in [0.05, 0.1) is 6.61 Å². The molecular weight excluding hydrogens is 248 g/mol. The minimum atomic E-state index is 0.717. The molecule has 20 heavy (non-hydrogen) atoms. The predicted octanol–water partition coefficient (Wildman–Crippen LogP) is 2.65. The fourth-order valence-electron chi connectivity index (χ4n) is 3.03. The second kappa shape index (κ2) is 8.40. The Morgan fingerprint density at radius 3 is 2.55 bits per heavy atom. The van der Waals surface area contributed by atoms with Crippen molar-refractivity contribution in [2.75, 3.05) is 33.8 Å². The highest BCUT2D eigenvalue weighted by molar-refractivity contribution is 5.26. The maximum absolute atomic E-state index is 5.29. The molecule has 2 rings (SSSR count). The molecule has 3 heteroatoms. The van der Waals surface area contributed by atoms with Crippen molar-refractivity contribution in [1.29, 1.82) is 0 Å². The second-order valence-electron chi connectivity index (χ2n) is 5.81. The van der Waals surface area contributed by atoms with Crippen LogP contribution in [0.3, 0.4) is 0 Å². The van der Waals surface area contributed by atoms with Gasteiger partial charge in [0.15, 0.2) is 0 Å². The first-order valence-corrected chi connectivity index (χ1v) is 7.76. The maximum Gasteiger partial charge on any atom is 0.0716 e. The Labute approximate surface area is 123 Å². The van der Waals surface area contributed by atoms with Crippen LogP contribution in [0.5, 0.6) is 0 Å². The van der Waals surface area contributed by atoms with E-state index < -0.39 is 0 Å². The Morgan fingerprint density at radius 1 is 1.20 bits per heavy atom. The zero-order chi connectivity index (χ0) is 14.2. The molecule has 1 fully saturated rings. The zero-order valence-corrected chi connectivity index (χ0v) is 12.9. The Hall–Kier alpha value is -0.900. The first-order valence-electron chi connectivity index (χ1n) is 7.76. The van der Waals surface area contributed by atoms with E-state index in [0.717, 1.165) is 25.6 Å². The summed E-state index contributed by atoms with van der Waals surface area (Å²) in [5.74, 6) is 0.910. The molecule has 0 atom stereocenters. The summed E-state index contributed by atoms with van der Waals surface area (Å²) >= 11 is 0. The summed E-state index contributed by atoms with van der Waals surface area (Å²) in [6.45, 7) is 5.40. The molecule has 0 amide bonds. The highest BCUT2D eigenvalue weighted by Crippen LogP contribution is 2.22. The van der Waals surface area contributed by atoms with Crippen molar-refractivity contribution in [3.05, 3.63) is 35.4 Å². The topological polar surface area (TPSA) is 24.5 Å². The van der Waals surface area contributed by atoms with E-state index in [1.807, 2.05) is 7.05 Å². The molecule has 0 saturated carbocycles. The normalized spacial score (nSPS) is 17.5. The summed E-state index contributed by atoms with van der Waals surface area (Å²) in [7, 11) is 3.81. The average Bonchev–Trinajstić information content (AvgIpc) is 2.49. The van der Waals surface area contributed by atoms with E-state index >= 15 is 0 Å². The van der Waals surface area contributed by atoms with Gasteiger partial charge in [0.25, 0.3) is 0 Å². The lowest BCUT2D eigenvalue weighted by Crippen LogP contribution is -2.34. The molecule has 0 aliphatic carbocycles. The lowest BCUT2D eigenvalue weighted by atomic mass is 9.93. The van der Waals surface area contributed by atoms with Gasteiger partial charge in [0, 0.05) is 13.7 Å². The number of piperidine rings is 1. The molecule has 3 nitrogen and oxygen atoms in total. The van der Waals surface area contributed by atoms with Crippen molar-refractivity contribution in [3.63, 3.8) is 0 Å². The number of methoxy groups -OCH3 is 1. The van der Waals surface area contributed by atoms with Gasteiger partial charge in [-0.05, 0) is 63.0 Å². The van der Waals surface area contributed by atoms with Crippen LogP contribution in [0.15, 0.2) is 24.3 Å². The molecule has 1 aromatic carbocycles. The van der Waals surface area contributed by atoms with Gasteiger partial charge in [-0.25, -0.2) is 0 Å². The maximum atomic E-state index is 5.29. The fraction of sp³-hybridized carbons (Fsp3) is 0.647. The van der Waals surface area contributed by atoms with Crippen LogP contribution in [-0.4, -0.2) is 38.7 Å². The summed E-state index contributed by atoms with van der Waals surface area (Å²) in [6.07, 6.45) is 4.01. The van der Waals surface area contributed by atoms with Gasteiger partial charge in [-0.2, -0.15) is 0 Å². The molecule has 1 N–H and O–H groups in total. The molecule has 1 heterocycles. The number of hydrogen-bond acceptors (Lipinski definition) is 3. The summed E-state index contributed by atoms with van der Waals surface area (Å²) in [4.78, 5) is 2.59. The van der Waals surface area contributed by atoms with E-state index in [2.05, 4.69) is 34.5 Å². The number of nitrogens with zero attached hydrogens (tertiary/aromatic N) is 1. The van der Waals surface area contributed by atoms with Crippen LogP contribution in [0.2, 0.25) is 0 Å². The molecule has 0 spiro atoms.